The normalized spacial score (nSPS) is 25.9. The minimum absolute atomic E-state index is 0.536. The summed E-state index contributed by atoms with van der Waals surface area (Å²) < 4.78 is 2.16. The van der Waals surface area contributed by atoms with Crippen LogP contribution in [-0.4, -0.2) is 15.6 Å². The molecule has 3 unspecified atom stereocenters. The van der Waals surface area contributed by atoms with Crippen LogP contribution in [0.3, 0.4) is 0 Å². The summed E-state index contributed by atoms with van der Waals surface area (Å²) >= 11 is 0. The molecule has 2 aromatic rings. The SMILES string of the molecule is Cc1cn(-c2ccccc2)c(NC2CCC(C)C2C)n1. The Morgan fingerprint density at radius 3 is 2.55 bits per heavy atom. The lowest BCUT2D eigenvalue weighted by molar-refractivity contribution is 0.434. The molecule has 20 heavy (non-hydrogen) atoms. The fourth-order valence-electron chi connectivity index (χ4n) is 3.12. The fraction of sp³-hybridized carbons (Fsp3) is 0.471. The summed E-state index contributed by atoms with van der Waals surface area (Å²) in [6, 6.07) is 10.9. The Hall–Kier alpha value is -1.77. The first-order chi connectivity index (χ1) is 9.65. The molecule has 1 aliphatic rings. The average molecular weight is 269 g/mol. The molecule has 1 saturated carbocycles. The van der Waals surface area contributed by atoms with Crippen LogP contribution in [-0.2, 0) is 0 Å². The summed E-state index contributed by atoms with van der Waals surface area (Å²) in [6.07, 6.45) is 4.65. The Morgan fingerprint density at radius 2 is 1.90 bits per heavy atom. The number of aryl methyl sites for hydroxylation is 1. The van der Waals surface area contributed by atoms with Gasteiger partial charge in [-0.2, -0.15) is 0 Å². The van der Waals surface area contributed by atoms with Gasteiger partial charge in [0, 0.05) is 17.9 Å². The zero-order chi connectivity index (χ0) is 14.1. The molecule has 0 amide bonds. The van der Waals surface area contributed by atoms with E-state index in [1.807, 2.05) is 13.0 Å². The van der Waals surface area contributed by atoms with Crippen molar-refractivity contribution in [1.29, 1.82) is 0 Å². The first kappa shape index (κ1) is 13.2. The van der Waals surface area contributed by atoms with E-state index in [1.165, 1.54) is 12.8 Å². The maximum Gasteiger partial charge on any atom is 0.207 e. The molecule has 0 spiro atoms. The van der Waals surface area contributed by atoms with E-state index in [-0.39, 0.29) is 0 Å². The van der Waals surface area contributed by atoms with Gasteiger partial charge in [-0.3, -0.25) is 4.57 Å². The largest absolute Gasteiger partial charge is 0.352 e. The number of hydrogen-bond acceptors (Lipinski definition) is 2. The van der Waals surface area contributed by atoms with Gasteiger partial charge in [-0.05, 0) is 43.7 Å². The Bertz CT molecular complexity index is 573. The highest BCUT2D eigenvalue weighted by Crippen LogP contribution is 2.33. The van der Waals surface area contributed by atoms with E-state index in [9.17, 15) is 0 Å². The van der Waals surface area contributed by atoms with Crippen LogP contribution in [0, 0.1) is 18.8 Å². The van der Waals surface area contributed by atoms with Crippen LogP contribution in [0.5, 0.6) is 0 Å². The van der Waals surface area contributed by atoms with Gasteiger partial charge in [0.2, 0.25) is 5.95 Å². The molecule has 3 heteroatoms. The van der Waals surface area contributed by atoms with Crippen molar-refractivity contribution >= 4 is 5.95 Å². The molecule has 3 atom stereocenters. The molecular formula is C17H23N3. The summed E-state index contributed by atoms with van der Waals surface area (Å²) in [5.74, 6) is 2.48. The average Bonchev–Trinajstić information content (AvgIpc) is 2.97. The second-order valence-electron chi connectivity index (χ2n) is 6.08. The quantitative estimate of drug-likeness (QED) is 0.911. The number of imidazole rings is 1. The highest BCUT2D eigenvalue weighted by atomic mass is 15.2. The monoisotopic (exact) mass is 269 g/mol. The predicted octanol–water partition coefficient (Wildman–Crippen LogP) is 4.03. The van der Waals surface area contributed by atoms with Crippen molar-refractivity contribution in [1.82, 2.24) is 9.55 Å². The Morgan fingerprint density at radius 1 is 1.15 bits per heavy atom. The van der Waals surface area contributed by atoms with E-state index >= 15 is 0 Å². The van der Waals surface area contributed by atoms with Crippen LogP contribution in [0.15, 0.2) is 36.5 Å². The second-order valence-corrected chi connectivity index (χ2v) is 6.08. The zero-order valence-corrected chi connectivity index (χ0v) is 12.5. The van der Waals surface area contributed by atoms with Crippen molar-refractivity contribution in [2.45, 2.75) is 39.7 Å². The third-order valence-electron chi connectivity index (χ3n) is 4.64. The first-order valence-electron chi connectivity index (χ1n) is 7.53. The molecule has 0 radical (unpaired) electrons. The molecule has 0 saturated heterocycles. The third-order valence-corrected chi connectivity index (χ3v) is 4.64. The molecule has 1 heterocycles. The van der Waals surface area contributed by atoms with E-state index in [1.54, 1.807) is 0 Å². The summed E-state index contributed by atoms with van der Waals surface area (Å²) in [4.78, 5) is 4.66. The van der Waals surface area contributed by atoms with E-state index in [2.05, 4.69) is 59.2 Å². The van der Waals surface area contributed by atoms with Gasteiger partial charge in [-0.25, -0.2) is 4.98 Å². The number of anilines is 1. The van der Waals surface area contributed by atoms with Gasteiger partial charge < -0.3 is 5.32 Å². The minimum Gasteiger partial charge on any atom is -0.352 e. The first-order valence-corrected chi connectivity index (χ1v) is 7.53. The van der Waals surface area contributed by atoms with Crippen molar-refractivity contribution < 1.29 is 0 Å². The Balaban J connectivity index is 1.87. The van der Waals surface area contributed by atoms with Crippen LogP contribution in [0.1, 0.15) is 32.4 Å². The van der Waals surface area contributed by atoms with Crippen LogP contribution in [0.2, 0.25) is 0 Å². The van der Waals surface area contributed by atoms with Gasteiger partial charge in [0.15, 0.2) is 0 Å². The van der Waals surface area contributed by atoms with E-state index < -0.39 is 0 Å². The summed E-state index contributed by atoms with van der Waals surface area (Å²) in [5.41, 5.74) is 2.21. The van der Waals surface area contributed by atoms with Gasteiger partial charge in [0.1, 0.15) is 0 Å². The summed E-state index contributed by atoms with van der Waals surface area (Å²) in [6.45, 7) is 6.74. The van der Waals surface area contributed by atoms with Crippen LogP contribution < -0.4 is 5.32 Å². The Labute approximate surface area is 121 Å². The molecule has 3 nitrogen and oxygen atoms in total. The summed E-state index contributed by atoms with van der Waals surface area (Å²) in [5, 5.41) is 3.66. The molecule has 0 aliphatic heterocycles. The zero-order valence-electron chi connectivity index (χ0n) is 12.5. The van der Waals surface area contributed by atoms with Crippen molar-refractivity contribution in [2.75, 3.05) is 5.32 Å². The topological polar surface area (TPSA) is 29.9 Å². The van der Waals surface area contributed by atoms with Gasteiger partial charge in [0.25, 0.3) is 0 Å². The maximum absolute atomic E-state index is 4.66. The lowest BCUT2D eigenvalue weighted by atomic mass is 9.98. The molecule has 3 rings (SSSR count). The second kappa shape index (κ2) is 5.31. The number of para-hydroxylation sites is 1. The molecular weight excluding hydrogens is 246 g/mol. The molecule has 1 N–H and O–H groups in total. The lowest BCUT2D eigenvalue weighted by Gasteiger charge is -2.21. The molecule has 1 aliphatic carbocycles. The van der Waals surface area contributed by atoms with Gasteiger partial charge >= 0.3 is 0 Å². The van der Waals surface area contributed by atoms with Crippen molar-refractivity contribution in [2.24, 2.45) is 11.8 Å². The van der Waals surface area contributed by atoms with E-state index in [0.717, 1.165) is 23.2 Å². The number of hydrogen-bond donors (Lipinski definition) is 1. The van der Waals surface area contributed by atoms with E-state index in [0.29, 0.717) is 12.0 Å². The fourth-order valence-corrected chi connectivity index (χ4v) is 3.12. The number of aromatic nitrogens is 2. The van der Waals surface area contributed by atoms with Crippen molar-refractivity contribution in [3.05, 3.63) is 42.2 Å². The van der Waals surface area contributed by atoms with E-state index in [4.69, 9.17) is 0 Å². The van der Waals surface area contributed by atoms with Gasteiger partial charge in [-0.15, -0.1) is 0 Å². The maximum atomic E-state index is 4.66. The molecule has 0 bridgehead atoms. The van der Waals surface area contributed by atoms with Crippen LogP contribution in [0.25, 0.3) is 5.69 Å². The molecule has 1 aromatic carbocycles. The number of rotatable bonds is 3. The third kappa shape index (κ3) is 2.45. The molecule has 1 aromatic heterocycles. The van der Waals surface area contributed by atoms with Crippen molar-refractivity contribution in [3.8, 4) is 5.69 Å². The minimum atomic E-state index is 0.536. The van der Waals surface area contributed by atoms with Gasteiger partial charge in [-0.1, -0.05) is 32.0 Å². The predicted molar refractivity (Wildman–Crippen MR) is 83.3 cm³/mol. The molecule has 106 valence electrons. The number of nitrogens with zero attached hydrogens (tertiary/aromatic N) is 2. The van der Waals surface area contributed by atoms with Crippen LogP contribution in [0.4, 0.5) is 5.95 Å². The van der Waals surface area contributed by atoms with Crippen molar-refractivity contribution in [3.63, 3.8) is 0 Å². The standard InChI is InChI=1S/C17H23N3/c1-12-9-10-16(14(12)3)19-17-18-13(2)11-20(17)15-7-5-4-6-8-15/h4-8,11-12,14,16H,9-10H2,1-3H3,(H,18,19). The van der Waals surface area contributed by atoms with Gasteiger partial charge in [0.05, 0.1) is 5.69 Å². The molecule has 1 fully saturated rings. The Kier molecular flexibility index (Phi) is 3.51. The van der Waals surface area contributed by atoms with Crippen LogP contribution >= 0.6 is 0 Å². The highest BCUT2D eigenvalue weighted by molar-refractivity contribution is 5.43. The number of benzene rings is 1. The number of nitrogens with one attached hydrogen (secondary N) is 1. The smallest absolute Gasteiger partial charge is 0.207 e. The summed E-state index contributed by atoms with van der Waals surface area (Å²) in [7, 11) is 0. The lowest BCUT2D eigenvalue weighted by Crippen LogP contribution is -2.25. The highest BCUT2D eigenvalue weighted by Gasteiger charge is 2.30.